The minimum Gasteiger partial charge on any atom is -0.454 e. The average Bonchev–Trinajstić information content (AvgIpc) is 3.28. The molecule has 1 atom stereocenters. The van der Waals surface area contributed by atoms with E-state index in [1.54, 1.807) is 0 Å². The summed E-state index contributed by atoms with van der Waals surface area (Å²) < 4.78 is 10.7. The number of aromatic nitrogens is 3. The summed E-state index contributed by atoms with van der Waals surface area (Å²) in [5.74, 6) is 3.26. The molecule has 0 radical (unpaired) electrons. The number of piperidine rings is 1. The van der Waals surface area contributed by atoms with E-state index in [1.165, 1.54) is 0 Å². The number of benzene rings is 1. The van der Waals surface area contributed by atoms with Crippen molar-refractivity contribution in [3.05, 3.63) is 35.4 Å². The molecular weight excluding hydrogens is 322 g/mol. The number of rotatable bonds is 3. The maximum atomic E-state index is 12.5. The second-order valence-corrected chi connectivity index (χ2v) is 6.41. The van der Waals surface area contributed by atoms with Gasteiger partial charge >= 0.3 is 6.03 Å². The first kappa shape index (κ1) is 15.7. The number of H-pyrrole nitrogens is 1. The number of urea groups is 1. The van der Waals surface area contributed by atoms with Gasteiger partial charge in [-0.05, 0) is 37.5 Å². The van der Waals surface area contributed by atoms with Gasteiger partial charge in [-0.1, -0.05) is 6.07 Å². The minimum absolute atomic E-state index is 0.0605. The SMILES string of the molecule is Cc1nc([C@@H]2CCCN(C(=O)NCc3ccc4c(c3)OCO4)C2)n[nH]1. The highest BCUT2D eigenvalue weighted by Crippen LogP contribution is 2.32. The lowest BCUT2D eigenvalue weighted by Gasteiger charge is -2.31. The second-order valence-electron chi connectivity index (χ2n) is 6.41. The first-order chi connectivity index (χ1) is 12.2. The molecule has 2 aromatic rings. The van der Waals surface area contributed by atoms with Crippen LogP contribution in [0.5, 0.6) is 11.5 Å². The number of hydrogen-bond acceptors (Lipinski definition) is 5. The lowest BCUT2D eigenvalue weighted by molar-refractivity contribution is 0.173. The largest absolute Gasteiger partial charge is 0.454 e. The van der Waals surface area contributed by atoms with Gasteiger partial charge in [-0.25, -0.2) is 9.78 Å². The van der Waals surface area contributed by atoms with Gasteiger partial charge in [-0.2, -0.15) is 5.10 Å². The topological polar surface area (TPSA) is 92.4 Å². The zero-order valence-corrected chi connectivity index (χ0v) is 14.1. The number of aromatic amines is 1. The van der Waals surface area contributed by atoms with E-state index in [4.69, 9.17) is 9.47 Å². The van der Waals surface area contributed by atoms with Crippen molar-refractivity contribution < 1.29 is 14.3 Å². The van der Waals surface area contributed by atoms with Crippen LogP contribution in [0.15, 0.2) is 18.2 Å². The highest BCUT2D eigenvalue weighted by molar-refractivity contribution is 5.74. The van der Waals surface area contributed by atoms with Gasteiger partial charge in [0, 0.05) is 25.6 Å². The monoisotopic (exact) mass is 343 g/mol. The normalized spacial score (nSPS) is 19.1. The lowest BCUT2D eigenvalue weighted by atomic mass is 9.98. The maximum absolute atomic E-state index is 12.5. The third kappa shape index (κ3) is 3.38. The van der Waals surface area contributed by atoms with Gasteiger partial charge in [-0.15, -0.1) is 0 Å². The van der Waals surface area contributed by atoms with Crippen molar-refractivity contribution in [2.24, 2.45) is 0 Å². The fraction of sp³-hybridized carbons (Fsp3) is 0.471. The first-order valence-corrected chi connectivity index (χ1v) is 8.49. The van der Waals surface area contributed by atoms with Crippen molar-refractivity contribution >= 4 is 6.03 Å². The van der Waals surface area contributed by atoms with Crippen molar-refractivity contribution in [1.82, 2.24) is 25.4 Å². The van der Waals surface area contributed by atoms with Crippen LogP contribution in [0.3, 0.4) is 0 Å². The third-order valence-electron chi connectivity index (χ3n) is 4.57. The van der Waals surface area contributed by atoms with Crippen LogP contribution in [-0.2, 0) is 6.54 Å². The number of fused-ring (bicyclic) bond motifs is 1. The minimum atomic E-state index is -0.0605. The van der Waals surface area contributed by atoms with E-state index in [1.807, 2.05) is 30.0 Å². The summed E-state index contributed by atoms with van der Waals surface area (Å²) in [4.78, 5) is 18.7. The molecule has 1 saturated heterocycles. The number of nitrogens with zero attached hydrogens (tertiary/aromatic N) is 3. The molecule has 8 nitrogen and oxygen atoms in total. The molecule has 2 N–H and O–H groups in total. The highest BCUT2D eigenvalue weighted by Gasteiger charge is 2.27. The van der Waals surface area contributed by atoms with Crippen LogP contribution in [0.4, 0.5) is 4.79 Å². The van der Waals surface area contributed by atoms with Crippen molar-refractivity contribution in [2.75, 3.05) is 19.9 Å². The molecular formula is C17H21N5O3. The Balaban J connectivity index is 1.34. The number of carbonyl (C=O) groups excluding carboxylic acids is 1. The van der Waals surface area contributed by atoms with Gasteiger partial charge in [-0.3, -0.25) is 5.10 Å². The molecule has 1 aromatic carbocycles. The Bertz CT molecular complexity index is 775. The maximum Gasteiger partial charge on any atom is 0.317 e. The predicted octanol–water partition coefficient (Wildman–Crippen LogP) is 1.93. The van der Waals surface area contributed by atoms with E-state index < -0.39 is 0 Å². The van der Waals surface area contributed by atoms with Crippen molar-refractivity contribution in [3.8, 4) is 11.5 Å². The highest BCUT2D eigenvalue weighted by atomic mass is 16.7. The number of carbonyl (C=O) groups is 1. The zero-order valence-electron chi connectivity index (χ0n) is 14.1. The summed E-state index contributed by atoms with van der Waals surface area (Å²) >= 11 is 0. The molecule has 0 saturated carbocycles. The number of aryl methyl sites for hydroxylation is 1. The molecule has 0 spiro atoms. The fourth-order valence-electron chi connectivity index (χ4n) is 3.26. The van der Waals surface area contributed by atoms with Crippen LogP contribution in [0.2, 0.25) is 0 Å². The standard InChI is InChI=1S/C17H21N5O3/c1-11-19-16(21-20-11)13-3-2-6-22(9-13)17(23)18-8-12-4-5-14-15(7-12)25-10-24-14/h4-5,7,13H,2-3,6,8-10H2,1H3,(H,18,23)(H,19,20,21)/t13-/m1/s1. The summed E-state index contributed by atoms with van der Waals surface area (Å²) in [6.07, 6.45) is 1.96. The molecule has 1 aromatic heterocycles. The molecule has 0 bridgehead atoms. The van der Waals surface area contributed by atoms with E-state index in [-0.39, 0.29) is 18.7 Å². The van der Waals surface area contributed by atoms with Gasteiger partial charge in [0.05, 0.1) is 0 Å². The van der Waals surface area contributed by atoms with Crippen LogP contribution in [0, 0.1) is 6.92 Å². The van der Waals surface area contributed by atoms with E-state index >= 15 is 0 Å². The molecule has 0 aliphatic carbocycles. The summed E-state index contributed by atoms with van der Waals surface area (Å²) in [5, 5.41) is 10.1. The number of amides is 2. The Morgan fingerprint density at radius 1 is 1.40 bits per heavy atom. The van der Waals surface area contributed by atoms with Crippen molar-refractivity contribution in [3.63, 3.8) is 0 Å². The first-order valence-electron chi connectivity index (χ1n) is 8.49. The van der Waals surface area contributed by atoms with Gasteiger partial charge in [0.1, 0.15) is 5.82 Å². The summed E-state index contributed by atoms with van der Waals surface area (Å²) in [6.45, 7) is 3.99. The Morgan fingerprint density at radius 2 is 2.28 bits per heavy atom. The van der Waals surface area contributed by atoms with Crippen LogP contribution >= 0.6 is 0 Å². The van der Waals surface area contributed by atoms with E-state index in [2.05, 4.69) is 20.5 Å². The number of ether oxygens (including phenoxy) is 2. The predicted molar refractivity (Wildman–Crippen MR) is 89.5 cm³/mol. The molecule has 132 valence electrons. The molecule has 2 aliphatic heterocycles. The number of likely N-dealkylation sites (tertiary alicyclic amines) is 1. The quantitative estimate of drug-likeness (QED) is 0.888. The van der Waals surface area contributed by atoms with Crippen LogP contribution < -0.4 is 14.8 Å². The van der Waals surface area contributed by atoms with Crippen molar-refractivity contribution in [1.29, 1.82) is 0 Å². The Labute approximate surface area is 145 Å². The molecule has 8 heteroatoms. The Kier molecular flexibility index (Phi) is 4.17. The third-order valence-corrected chi connectivity index (χ3v) is 4.57. The summed E-state index contributed by atoms with van der Waals surface area (Å²) in [5.41, 5.74) is 0.982. The zero-order chi connectivity index (χ0) is 17.2. The van der Waals surface area contributed by atoms with E-state index in [9.17, 15) is 4.79 Å². The molecule has 0 unspecified atom stereocenters. The average molecular weight is 343 g/mol. The van der Waals surface area contributed by atoms with Crippen LogP contribution in [0.1, 0.15) is 36.0 Å². The van der Waals surface area contributed by atoms with E-state index in [0.717, 1.165) is 48.1 Å². The summed E-state index contributed by atoms with van der Waals surface area (Å²) in [6, 6.07) is 5.64. The summed E-state index contributed by atoms with van der Waals surface area (Å²) in [7, 11) is 0. The number of hydrogen-bond donors (Lipinski definition) is 2. The van der Waals surface area contributed by atoms with Gasteiger partial charge in [0.15, 0.2) is 17.3 Å². The van der Waals surface area contributed by atoms with Gasteiger partial charge in [0.25, 0.3) is 0 Å². The number of nitrogens with one attached hydrogen (secondary N) is 2. The molecule has 2 amide bonds. The molecule has 25 heavy (non-hydrogen) atoms. The Morgan fingerprint density at radius 3 is 3.12 bits per heavy atom. The van der Waals surface area contributed by atoms with Crippen LogP contribution in [0.25, 0.3) is 0 Å². The second kappa shape index (κ2) is 6.62. The lowest BCUT2D eigenvalue weighted by Crippen LogP contribution is -2.44. The molecule has 2 aliphatic rings. The van der Waals surface area contributed by atoms with Crippen LogP contribution in [-0.4, -0.2) is 46.0 Å². The molecule has 4 rings (SSSR count). The van der Waals surface area contributed by atoms with Gasteiger partial charge in [0.2, 0.25) is 6.79 Å². The van der Waals surface area contributed by atoms with E-state index in [0.29, 0.717) is 13.1 Å². The Hall–Kier alpha value is -2.77. The van der Waals surface area contributed by atoms with Gasteiger partial charge < -0.3 is 19.7 Å². The van der Waals surface area contributed by atoms with Crippen molar-refractivity contribution in [2.45, 2.75) is 32.2 Å². The smallest absolute Gasteiger partial charge is 0.317 e. The molecule has 3 heterocycles. The molecule has 1 fully saturated rings. The fourth-order valence-corrected chi connectivity index (χ4v) is 3.26.